The smallest absolute Gasteiger partial charge is 0.254 e. The number of amides is 1. The minimum Gasteiger partial charge on any atom is -0.490 e. The minimum atomic E-state index is -0.201. The van der Waals surface area contributed by atoms with Gasteiger partial charge in [0.15, 0.2) is 11.5 Å². The number of benzene rings is 2. The third-order valence-corrected chi connectivity index (χ3v) is 4.87. The van der Waals surface area contributed by atoms with Gasteiger partial charge in [-0.3, -0.25) is 4.79 Å². The van der Waals surface area contributed by atoms with Crippen molar-refractivity contribution < 1.29 is 14.3 Å². The van der Waals surface area contributed by atoms with Gasteiger partial charge in [-0.2, -0.15) is 0 Å². The summed E-state index contributed by atoms with van der Waals surface area (Å²) in [7, 11) is 1.75. The van der Waals surface area contributed by atoms with E-state index in [-0.39, 0.29) is 11.9 Å². The molecule has 0 unspecified atom stereocenters. The first-order valence-corrected chi connectivity index (χ1v) is 8.84. The van der Waals surface area contributed by atoms with Gasteiger partial charge in [0.2, 0.25) is 0 Å². The maximum atomic E-state index is 12.9. The number of hydrogen-bond acceptors (Lipinski definition) is 3. The van der Waals surface area contributed by atoms with E-state index in [1.54, 1.807) is 42.3 Å². The van der Waals surface area contributed by atoms with Crippen molar-refractivity contribution in [1.29, 1.82) is 0 Å². The Morgan fingerprint density at radius 1 is 1.08 bits per heavy atom. The first-order valence-electron chi connectivity index (χ1n) is 8.09. The highest BCUT2D eigenvalue weighted by molar-refractivity contribution is 6.35. The van der Waals surface area contributed by atoms with Crippen LogP contribution in [0.4, 0.5) is 0 Å². The number of fused-ring (bicyclic) bond motifs is 1. The van der Waals surface area contributed by atoms with Crippen LogP contribution >= 0.6 is 23.2 Å². The lowest BCUT2D eigenvalue weighted by molar-refractivity contribution is 0.0742. The van der Waals surface area contributed by atoms with Crippen LogP contribution in [0.5, 0.6) is 11.5 Å². The van der Waals surface area contributed by atoms with Crippen molar-refractivity contribution in [3.63, 3.8) is 0 Å². The van der Waals surface area contributed by atoms with E-state index in [0.29, 0.717) is 40.3 Å². The van der Waals surface area contributed by atoms with E-state index >= 15 is 0 Å². The molecule has 0 radical (unpaired) electrons. The quantitative estimate of drug-likeness (QED) is 0.753. The highest BCUT2D eigenvalue weighted by atomic mass is 35.5. The Bertz CT molecular complexity index is 794. The van der Waals surface area contributed by atoms with Crippen molar-refractivity contribution in [3.05, 3.63) is 57.6 Å². The van der Waals surface area contributed by atoms with Gasteiger partial charge in [-0.25, -0.2) is 0 Å². The van der Waals surface area contributed by atoms with Crippen molar-refractivity contribution in [2.24, 2.45) is 0 Å². The predicted molar refractivity (Wildman–Crippen MR) is 99.0 cm³/mol. The Hall–Kier alpha value is -1.91. The minimum absolute atomic E-state index is 0.117. The van der Waals surface area contributed by atoms with Gasteiger partial charge in [0.05, 0.1) is 19.3 Å². The Morgan fingerprint density at radius 2 is 1.80 bits per heavy atom. The summed E-state index contributed by atoms with van der Waals surface area (Å²) >= 11 is 12.2. The molecule has 1 amide bonds. The molecule has 3 rings (SSSR count). The number of carbonyl (C=O) groups is 1. The Labute approximate surface area is 157 Å². The number of ether oxygens (including phenoxy) is 2. The molecule has 0 bridgehead atoms. The van der Waals surface area contributed by atoms with Gasteiger partial charge in [0.1, 0.15) is 0 Å². The summed E-state index contributed by atoms with van der Waals surface area (Å²) in [6.07, 6.45) is 0.823. The van der Waals surface area contributed by atoms with Crippen molar-refractivity contribution in [2.45, 2.75) is 19.4 Å². The lowest BCUT2D eigenvalue weighted by Crippen LogP contribution is -2.29. The topological polar surface area (TPSA) is 38.8 Å². The van der Waals surface area contributed by atoms with Crippen molar-refractivity contribution in [1.82, 2.24) is 4.90 Å². The molecule has 2 aromatic rings. The highest BCUT2D eigenvalue weighted by Gasteiger charge is 2.22. The van der Waals surface area contributed by atoms with Gasteiger partial charge in [-0.15, -0.1) is 0 Å². The highest BCUT2D eigenvalue weighted by Crippen LogP contribution is 2.33. The molecule has 2 aromatic carbocycles. The molecule has 0 aromatic heterocycles. The summed E-state index contributed by atoms with van der Waals surface area (Å²) in [5.74, 6) is 1.16. The largest absolute Gasteiger partial charge is 0.490 e. The molecule has 0 aliphatic carbocycles. The molecule has 1 aliphatic rings. The molecule has 1 atom stereocenters. The van der Waals surface area contributed by atoms with Crippen molar-refractivity contribution >= 4 is 29.1 Å². The fourth-order valence-corrected chi connectivity index (χ4v) is 3.29. The molecule has 6 heteroatoms. The number of carbonyl (C=O) groups excluding carboxylic acids is 1. The molecular weight excluding hydrogens is 361 g/mol. The summed E-state index contributed by atoms with van der Waals surface area (Å²) in [4.78, 5) is 14.5. The molecule has 0 N–H and O–H groups in total. The first kappa shape index (κ1) is 17.9. The summed E-state index contributed by atoms with van der Waals surface area (Å²) in [6.45, 7) is 3.12. The van der Waals surface area contributed by atoms with Crippen LogP contribution in [0.15, 0.2) is 36.4 Å². The lowest BCUT2D eigenvalue weighted by atomic mass is 10.1. The van der Waals surface area contributed by atoms with Gasteiger partial charge in [-0.1, -0.05) is 29.3 Å². The number of rotatable bonds is 3. The molecular formula is C19H19Cl2NO3. The number of hydrogen-bond donors (Lipinski definition) is 0. The van der Waals surface area contributed by atoms with E-state index in [1.165, 1.54) is 0 Å². The van der Waals surface area contributed by atoms with Crippen LogP contribution < -0.4 is 9.47 Å². The Morgan fingerprint density at radius 3 is 2.52 bits per heavy atom. The van der Waals surface area contributed by atoms with Crippen molar-refractivity contribution in [2.75, 3.05) is 20.3 Å². The molecule has 1 aliphatic heterocycles. The zero-order valence-corrected chi connectivity index (χ0v) is 15.6. The van der Waals surface area contributed by atoms with Gasteiger partial charge in [0.25, 0.3) is 5.91 Å². The van der Waals surface area contributed by atoms with Crippen LogP contribution in [-0.2, 0) is 0 Å². The summed E-state index contributed by atoms with van der Waals surface area (Å²) in [5.41, 5.74) is 1.39. The second-order valence-corrected chi connectivity index (χ2v) is 6.81. The lowest BCUT2D eigenvalue weighted by Gasteiger charge is -2.26. The maximum Gasteiger partial charge on any atom is 0.254 e. The molecule has 0 spiro atoms. The fourth-order valence-electron chi connectivity index (χ4n) is 2.72. The van der Waals surface area contributed by atoms with Gasteiger partial charge in [-0.05, 0) is 42.8 Å². The second kappa shape index (κ2) is 7.54. The molecule has 0 fully saturated rings. The van der Waals surface area contributed by atoms with Crippen LogP contribution in [0.2, 0.25) is 10.0 Å². The predicted octanol–water partition coefficient (Wildman–Crippen LogP) is 4.99. The van der Waals surface area contributed by atoms with E-state index in [2.05, 4.69) is 0 Å². The SMILES string of the molecule is C[C@H](c1ccc(Cl)cc1Cl)N(C)C(=O)c1ccc2c(c1)OCCCO2. The van der Waals surface area contributed by atoms with E-state index in [1.807, 2.05) is 13.0 Å². The standard InChI is InChI=1S/C19H19Cl2NO3/c1-12(15-6-5-14(20)11-16(15)21)22(2)19(23)13-4-7-17-18(10-13)25-9-3-8-24-17/h4-7,10-12H,3,8-9H2,1-2H3/t12-/m1/s1. The monoisotopic (exact) mass is 379 g/mol. The molecule has 0 saturated carbocycles. The molecule has 1 heterocycles. The third-order valence-electron chi connectivity index (χ3n) is 4.31. The zero-order chi connectivity index (χ0) is 18.0. The van der Waals surface area contributed by atoms with E-state index in [9.17, 15) is 4.79 Å². The molecule has 132 valence electrons. The van der Waals surface area contributed by atoms with E-state index < -0.39 is 0 Å². The summed E-state index contributed by atoms with van der Waals surface area (Å²) in [6, 6.07) is 10.4. The van der Waals surface area contributed by atoms with Gasteiger partial charge < -0.3 is 14.4 Å². The van der Waals surface area contributed by atoms with Crippen LogP contribution in [0.1, 0.15) is 35.3 Å². The normalized spacial score (nSPS) is 14.6. The van der Waals surface area contributed by atoms with Crippen molar-refractivity contribution in [3.8, 4) is 11.5 Å². The van der Waals surface area contributed by atoms with Crippen LogP contribution in [0.3, 0.4) is 0 Å². The number of nitrogens with zero attached hydrogens (tertiary/aromatic N) is 1. The molecule has 4 nitrogen and oxygen atoms in total. The van der Waals surface area contributed by atoms with E-state index in [4.69, 9.17) is 32.7 Å². The van der Waals surface area contributed by atoms with Crippen LogP contribution in [-0.4, -0.2) is 31.1 Å². The van der Waals surface area contributed by atoms with Gasteiger partial charge >= 0.3 is 0 Å². The number of halogens is 2. The molecule has 0 saturated heterocycles. The zero-order valence-electron chi connectivity index (χ0n) is 14.1. The fraction of sp³-hybridized carbons (Fsp3) is 0.316. The average molecular weight is 380 g/mol. The summed E-state index contributed by atoms with van der Waals surface area (Å²) in [5, 5.41) is 1.11. The van der Waals surface area contributed by atoms with Crippen LogP contribution in [0, 0.1) is 0 Å². The Kier molecular flexibility index (Phi) is 5.40. The maximum absolute atomic E-state index is 12.9. The average Bonchev–Trinajstić information content (AvgIpc) is 2.84. The third kappa shape index (κ3) is 3.86. The van der Waals surface area contributed by atoms with Gasteiger partial charge in [0, 0.05) is 29.1 Å². The van der Waals surface area contributed by atoms with E-state index in [0.717, 1.165) is 12.0 Å². The molecule has 25 heavy (non-hydrogen) atoms. The summed E-state index contributed by atoms with van der Waals surface area (Å²) < 4.78 is 11.3. The van der Waals surface area contributed by atoms with Crippen LogP contribution in [0.25, 0.3) is 0 Å². The second-order valence-electron chi connectivity index (χ2n) is 5.97. The first-order chi connectivity index (χ1) is 12.0. The Balaban J connectivity index is 1.83.